The van der Waals surface area contributed by atoms with Gasteiger partial charge in [-0.15, -0.1) is 0 Å². The highest BCUT2D eigenvalue weighted by atomic mass is 19.1. The first-order valence-electron chi connectivity index (χ1n) is 9.97. The summed E-state index contributed by atoms with van der Waals surface area (Å²) in [4.78, 5) is 29.8. The first-order valence-corrected chi connectivity index (χ1v) is 9.97. The third-order valence-corrected chi connectivity index (χ3v) is 5.25. The monoisotopic (exact) mass is 394 g/mol. The molecule has 0 spiro atoms. The molecule has 2 heterocycles. The Morgan fingerprint density at radius 1 is 0.966 bits per heavy atom. The molecule has 0 bridgehead atoms. The van der Waals surface area contributed by atoms with E-state index in [2.05, 4.69) is 0 Å². The smallest absolute Gasteiger partial charge is 0.282 e. The second-order valence-electron chi connectivity index (χ2n) is 7.15. The second kappa shape index (κ2) is 8.07. The molecule has 0 N–H and O–H groups in total. The van der Waals surface area contributed by atoms with Crippen LogP contribution in [-0.2, 0) is 9.59 Å². The van der Waals surface area contributed by atoms with Crippen LogP contribution in [0.15, 0.2) is 54.2 Å². The van der Waals surface area contributed by atoms with Crippen molar-refractivity contribution in [2.24, 2.45) is 0 Å². The number of benzene rings is 2. The van der Waals surface area contributed by atoms with E-state index in [9.17, 15) is 14.0 Å². The highest BCUT2D eigenvalue weighted by Gasteiger charge is 2.42. The summed E-state index contributed by atoms with van der Waals surface area (Å²) in [5, 5.41) is 0. The molecule has 2 amide bonds. The summed E-state index contributed by atoms with van der Waals surface area (Å²) in [6.45, 7) is 3.91. The minimum atomic E-state index is -0.489. The normalized spacial score (nSPS) is 17.3. The summed E-state index contributed by atoms with van der Waals surface area (Å²) in [7, 11) is 0. The summed E-state index contributed by atoms with van der Waals surface area (Å²) < 4.78 is 19.3. The maximum atomic E-state index is 13.8. The number of carbonyl (C=O) groups is 2. The van der Waals surface area contributed by atoms with Crippen molar-refractivity contribution in [1.29, 1.82) is 0 Å². The SMILES string of the molecule is CCOc1ccc(C2=C(N3CCCCC3)C(=O)N(c3cccc(F)c3)C2=O)cc1. The average Bonchev–Trinajstić information content (AvgIpc) is 2.99. The Morgan fingerprint density at radius 3 is 2.34 bits per heavy atom. The number of imide groups is 1. The van der Waals surface area contributed by atoms with Crippen molar-refractivity contribution in [2.75, 3.05) is 24.6 Å². The van der Waals surface area contributed by atoms with Crippen molar-refractivity contribution >= 4 is 23.1 Å². The first kappa shape index (κ1) is 19.2. The maximum absolute atomic E-state index is 13.8. The van der Waals surface area contributed by atoms with Gasteiger partial charge in [-0.2, -0.15) is 0 Å². The molecule has 1 saturated heterocycles. The molecule has 0 aliphatic carbocycles. The number of hydrogen-bond donors (Lipinski definition) is 0. The van der Waals surface area contributed by atoms with E-state index in [1.54, 1.807) is 30.3 Å². The van der Waals surface area contributed by atoms with Gasteiger partial charge in [0.25, 0.3) is 11.8 Å². The Hall–Kier alpha value is -3.15. The zero-order valence-electron chi connectivity index (χ0n) is 16.4. The van der Waals surface area contributed by atoms with Crippen LogP contribution in [0, 0.1) is 5.82 Å². The van der Waals surface area contributed by atoms with Gasteiger partial charge in [0.05, 0.1) is 17.9 Å². The van der Waals surface area contributed by atoms with Gasteiger partial charge < -0.3 is 9.64 Å². The number of nitrogens with zero attached hydrogens (tertiary/aromatic N) is 2. The zero-order valence-corrected chi connectivity index (χ0v) is 16.4. The van der Waals surface area contributed by atoms with Gasteiger partial charge in [0.15, 0.2) is 0 Å². The molecule has 2 aliphatic heterocycles. The summed E-state index contributed by atoms with van der Waals surface area (Å²) in [6.07, 6.45) is 3.06. The second-order valence-corrected chi connectivity index (χ2v) is 7.15. The molecule has 1 fully saturated rings. The van der Waals surface area contributed by atoms with Crippen LogP contribution in [-0.4, -0.2) is 36.4 Å². The maximum Gasteiger partial charge on any atom is 0.282 e. The molecule has 4 rings (SSSR count). The lowest BCUT2D eigenvalue weighted by molar-refractivity contribution is -0.120. The summed E-state index contributed by atoms with van der Waals surface area (Å²) in [5.41, 5.74) is 1.68. The molecular weight excluding hydrogens is 371 g/mol. The Labute approximate surface area is 169 Å². The lowest BCUT2D eigenvalue weighted by Gasteiger charge is -2.29. The van der Waals surface area contributed by atoms with Gasteiger partial charge in [-0.1, -0.05) is 18.2 Å². The van der Waals surface area contributed by atoms with E-state index in [-0.39, 0.29) is 5.69 Å². The van der Waals surface area contributed by atoms with Gasteiger partial charge in [0.2, 0.25) is 0 Å². The third kappa shape index (κ3) is 3.62. The molecule has 6 heteroatoms. The van der Waals surface area contributed by atoms with Gasteiger partial charge >= 0.3 is 0 Å². The van der Waals surface area contributed by atoms with E-state index in [1.165, 1.54) is 18.2 Å². The van der Waals surface area contributed by atoms with Crippen LogP contribution in [0.25, 0.3) is 5.57 Å². The lowest BCUT2D eigenvalue weighted by Crippen LogP contribution is -2.37. The molecular formula is C23H23FN2O3. The summed E-state index contributed by atoms with van der Waals surface area (Å²) in [6, 6.07) is 12.8. The molecule has 0 atom stereocenters. The van der Waals surface area contributed by atoms with Crippen LogP contribution in [0.4, 0.5) is 10.1 Å². The highest BCUT2D eigenvalue weighted by molar-refractivity contribution is 6.45. The van der Waals surface area contributed by atoms with Gasteiger partial charge in [0.1, 0.15) is 17.3 Å². The number of likely N-dealkylation sites (tertiary alicyclic amines) is 1. The van der Waals surface area contributed by atoms with Crippen LogP contribution >= 0.6 is 0 Å². The molecule has 2 aromatic rings. The predicted octanol–water partition coefficient (Wildman–Crippen LogP) is 3.99. The fourth-order valence-electron chi connectivity index (χ4n) is 3.92. The molecule has 0 radical (unpaired) electrons. The van der Waals surface area contributed by atoms with Crippen molar-refractivity contribution in [3.8, 4) is 5.75 Å². The number of piperidine rings is 1. The summed E-state index contributed by atoms with van der Waals surface area (Å²) in [5.74, 6) is -0.607. The van der Waals surface area contributed by atoms with E-state index in [1.807, 2.05) is 11.8 Å². The van der Waals surface area contributed by atoms with Crippen molar-refractivity contribution < 1.29 is 18.7 Å². The number of ether oxygens (including phenoxy) is 1. The van der Waals surface area contributed by atoms with Gasteiger partial charge in [-0.05, 0) is 62.1 Å². The van der Waals surface area contributed by atoms with Crippen molar-refractivity contribution in [3.05, 3.63) is 65.6 Å². The fraction of sp³-hybridized carbons (Fsp3) is 0.304. The van der Waals surface area contributed by atoms with Crippen LogP contribution in [0.2, 0.25) is 0 Å². The molecule has 150 valence electrons. The third-order valence-electron chi connectivity index (χ3n) is 5.25. The molecule has 0 saturated carbocycles. The first-order chi connectivity index (χ1) is 14.1. The zero-order chi connectivity index (χ0) is 20.4. The number of rotatable bonds is 5. The Morgan fingerprint density at radius 2 is 1.69 bits per heavy atom. The average molecular weight is 394 g/mol. The molecule has 0 unspecified atom stereocenters. The van der Waals surface area contributed by atoms with Crippen molar-refractivity contribution in [1.82, 2.24) is 4.90 Å². The molecule has 5 nitrogen and oxygen atoms in total. The van der Waals surface area contributed by atoms with Crippen molar-refractivity contribution in [2.45, 2.75) is 26.2 Å². The van der Waals surface area contributed by atoms with Crippen LogP contribution in [0.3, 0.4) is 0 Å². The number of amides is 2. The summed E-state index contributed by atoms with van der Waals surface area (Å²) >= 11 is 0. The molecule has 0 aromatic heterocycles. The molecule has 2 aromatic carbocycles. The number of halogens is 1. The minimum absolute atomic E-state index is 0.246. The Bertz CT molecular complexity index is 962. The standard InChI is InChI=1S/C23H23FN2O3/c1-2-29-19-11-9-16(10-12-19)20-21(25-13-4-3-5-14-25)23(28)26(22(20)27)18-8-6-7-17(24)15-18/h6-12,15H,2-5,13-14H2,1H3. The number of anilines is 1. The van der Waals surface area contributed by atoms with Gasteiger partial charge in [0, 0.05) is 13.1 Å². The van der Waals surface area contributed by atoms with Crippen LogP contribution in [0.1, 0.15) is 31.7 Å². The lowest BCUT2D eigenvalue weighted by atomic mass is 10.0. The Kier molecular flexibility index (Phi) is 5.34. The minimum Gasteiger partial charge on any atom is -0.494 e. The van der Waals surface area contributed by atoms with Gasteiger partial charge in [-0.25, -0.2) is 9.29 Å². The predicted molar refractivity (Wildman–Crippen MR) is 109 cm³/mol. The van der Waals surface area contributed by atoms with E-state index >= 15 is 0 Å². The number of carbonyl (C=O) groups excluding carboxylic acids is 2. The van der Waals surface area contributed by atoms with Crippen LogP contribution < -0.4 is 9.64 Å². The van der Waals surface area contributed by atoms with E-state index < -0.39 is 17.6 Å². The largest absolute Gasteiger partial charge is 0.494 e. The van der Waals surface area contributed by atoms with E-state index in [0.29, 0.717) is 29.2 Å². The quantitative estimate of drug-likeness (QED) is 0.720. The molecule has 29 heavy (non-hydrogen) atoms. The van der Waals surface area contributed by atoms with Gasteiger partial charge in [-0.3, -0.25) is 9.59 Å². The highest BCUT2D eigenvalue weighted by Crippen LogP contribution is 2.36. The van der Waals surface area contributed by atoms with Crippen LogP contribution in [0.5, 0.6) is 5.75 Å². The van der Waals surface area contributed by atoms with E-state index in [0.717, 1.165) is 37.3 Å². The Balaban J connectivity index is 1.78. The van der Waals surface area contributed by atoms with E-state index in [4.69, 9.17) is 4.74 Å². The fourth-order valence-corrected chi connectivity index (χ4v) is 3.92. The van der Waals surface area contributed by atoms with Crippen molar-refractivity contribution in [3.63, 3.8) is 0 Å². The number of hydrogen-bond acceptors (Lipinski definition) is 4. The topological polar surface area (TPSA) is 49.9 Å². The molecule has 2 aliphatic rings.